The van der Waals surface area contributed by atoms with E-state index in [1.165, 1.54) is 0 Å². The number of aliphatic hydroxyl groups is 1. The molecule has 0 spiro atoms. The maximum atomic E-state index is 8.84. The second-order valence-electron chi connectivity index (χ2n) is 4.12. The summed E-state index contributed by atoms with van der Waals surface area (Å²) < 4.78 is 5.18. The smallest absolute Gasteiger partial charge is 0.213 e. The number of anilines is 1. The van der Waals surface area contributed by atoms with Gasteiger partial charge in [-0.15, -0.1) is 0 Å². The Kier molecular flexibility index (Phi) is 4.93. The van der Waals surface area contributed by atoms with Crippen molar-refractivity contribution in [3.8, 4) is 11.9 Å². The van der Waals surface area contributed by atoms with Gasteiger partial charge in [-0.3, -0.25) is 0 Å². The highest BCUT2D eigenvalue weighted by Crippen LogP contribution is 2.13. The monoisotopic (exact) mass is 269 g/mol. The van der Waals surface area contributed by atoms with Crippen LogP contribution in [0.15, 0.2) is 42.6 Å². The van der Waals surface area contributed by atoms with Gasteiger partial charge in [-0.05, 0) is 23.8 Å². The molecule has 0 aliphatic rings. The first-order valence-electron chi connectivity index (χ1n) is 6.24. The van der Waals surface area contributed by atoms with Gasteiger partial charge in [0.05, 0.1) is 30.1 Å². The average molecular weight is 269 g/mol. The Labute approximate surface area is 117 Å². The van der Waals surface area contributed by atoms with E-state index >= 15 is 0 Å². The second kappa shape index (κ2) is 7.12. The highest BCUT2D eigenvalue weighted by atomic mass is 16.5. The fourth-order valence-electron chi connectivity index (χ4n) is 1.68. The molecule has 2 N–H and O–H groups in total. The van der Waals surface area contributed by atoms with E-state index in [0.717, 1.165) is 11.3 Å². The molecule has 102 valence electrons. The van der Waals surface area contributed by atoms with Gasteiger partial charge >= 0.3 is 0 Å². The van der Waals surface area contributed by atoms with Crippen molar-refractivity contribution in [3.05, 3.63) is 53.7 Å². The quantitative estimate of drug-likeness (QED) is 0.838. The molecule has 0 saturated carbocycles. The van der Waals surface area contributed by atoms with E-state index in [-0.39, 0.29) is 13.2 Å². The van der Waals surface area contributed by atoms with Gasteiger partial charge < -0.3 is 15.2 Å². The molecule has 2 aromatic rings. The molecule has 5 nitrogen and oxygen atoms in total. The van der Waals surface area contributed by atoms with Crippen LogP contribution < -0.4 is 10.1 Å². The van der Waals surface area contributed by atoms with Crippen molar-refractivity contribution < 1.29 is 9.84 Å². The summed E-state index contributed by atoms with van der Waals surface area (Å²) in [5.41, 5.74) is 2.54. The van der Waals surface area contributed by atoms with Crippen LogP contribution in [0.25, 0.3) is 0 Å². The largest absolute Gasteiger partial charge is 0.475 e. The summed E-state index contributed by atoms with van der Waals surface area (Å²) >= 11 is 0. The number of hydrogen-bond donors (Lipinski definition) is 2. The molecule has 1 aromatic carbocycles. The predicted octanol–water partition coefficient (Wildman–Crippen LogP) is 1.94. The average Bonchev–Trinajstić information content (AvgIpc) is 2.52. The van der Waals surface area contributed by atoms with Gasteiger partial charge in [0.2, 0.25) is 5.88 Å². The SMILES string of the molecule is N#Cc1cccc(CNc2ccc(OCCO)nc2)c1. The molecule has 2 rings (SSSR count). The van der Waals surface area contributed by atoms with E-state index < -0.39 is 0 Å². The summed E-state index contributed by atoms with van der Waals surface area (Å²) in [7, 11) is 0. The Hall–Kier alpha value is -2.58. The maximum Gasteiger partial charge on any atom is 0.213 e. The van der Waals surface area contributed by atoms with Crippen LogP contribution in [0.3, 0.4) is 0 Å². The summed E-state index contributed by atoms with van der Waals surface area (Å²) in [5, 5.41) is 20.7. The third-order valence-electron chi connectivity index (χ3n) is 2.63. The molecule has 0 aliphatic carbocycles. The molecule has 0 saturated heterocycles. The third-order valence-corrected chi connectivity index (χ3v) is 2.63. The van der Waals surface area contributed by atoms with Gasteiger partial charge in [0.25, 0.3) is 0 Å². The number of pyridine rings is 1. The summed E-state index contributed by atoms with van der Waals surface area (Å²) in [6.45, 7) is 0.825. The van der Waals surface area contributed by atoms with Crippen LogP contribution in [0.2, 0.25) is 0 Å². The lowest BCUT2D eigenvalue weighted by atomic mass is 10.1. The first-order valence-corrected chi connectivity index (χ1v) is 6.24. The zero-order valence-corrected chi connectivity index (χ0v) is 10.9. The van der Waals surface area contributed by atoms with E-state index in [9.17, 15) is 0 Å². The number of nitrogens with zero attached hydrogens (tertiary/aromatic N) is 2. The number of hydrogen-bond acceptors (Lipinski definition) is 5. The lowest BCUT2D eigenvalue weighted by molar-refractivity contribution is 0.196. The molecule has 0 fully saturated rings. The Bertz CT molecular complexity index is 591. The van der Waals surface area contributed by atoms with Crippen molar-refractivity contribution in [2.75, 3.05) is 18.5 Å². The Morgan fingerprint density at radius 1 is 1.30 bits per heavy atom. The van der Waals surface area contributed by atoms with Crippen LogP contribution in [0.5, 0.6) is 5.88 Å². The molecule has 0 amide bonds. The van der Waals surface area contributed by atoms with Crippen molar-refractivity contribution in [2.45, 2.75) is 6.54 Å². The highest BCUT2D eigenvalue weighted by Gasteiger charge is 1.98. The molecular formula is C15H15N3O2. The minimum atomic E-state index is -0.0308. The van der Waals surface area contributed by atoms with Gasteiger partial charge in [0, 0.05) is 12.6 Å². The van der Waals surface area contributed by atoms with Crippen LogP contribution in [0.1, 0.15) is 11.1 Å². The minimum Gasteiger partial charge on any atom is -0.475 e. The van der Waals surface area contributed by atoms with Gasteiger partial charge in [0.15, 0.2) is 0 Å². The molecule has 5 heteroatoms. The molecular weight excluding hydrogens is 254 g/mol. The first kappa shape index (κ1) is 13.8. The summed E-state index contributed by atoms with van der Waals surface area (Å²) in [5.74, 6) is 0.482. The number of nitriles is 1. The topological polar surface area (TPSA) is 78.2 Å². The molecule has 0 bridgehead atoms. The molecule has 1 heterocycles. The lowest BCUT2D eigenvalue weighted by Crippen LogP contribution is -2.04. The van der Waals surface area contributed by atoms with E-state index in [0.29, 0.717) is 18.0 Å². The highest BCUT2D eigenvalue weighted by molar-refractivity contribution is 5.43. The van der Waals surface area contributed by atoms with Gasteiger partial charge in [0.1, 0.15) is 6.61 Å². The van der Waals surface area contributed by atoms with Crippen molar-refractivity contribution in [1.82, 2.24) is 4.98 Å². The van der Waals surface area contributed by atoms with Gasteiger partial charge in [-0.2, -0.15) is 5.26 Å². The normalized spacial score (nSPS) is 9.80. The van der Waals surface area contributed by atoms with Crippen molar-refractivity contribution in [3.63, 3.8) is 0 Å². The summed E-state index contributed by atoms with van der Waals surface area (Å²) in [6.07, 6.45) is 1.67. The lowest BCUT2D eigenvalue weighted by Gasteiger charge is -2.08. The number of benzene rings is 1. The minimum absolute atomic E-state index is 0.0308. The van der Waals surface area contributed by atoms with Crippen molar-refractivity contribution in [1.29, 1.82) is 5.26 Å². The second-order valence-corrected chi connectivity index (χ2v) is 4.12. The van der Waals surface area contributed by atoms with Gasteiger partial charge in [-0.1, -0.05) is 12.1 Å². The Morgan fingerprint density at radius 3 is 2.90 bits per heavy atom. The van der Waals surface area contributed by atoms with Crippen molar-refractivity contribution >= 4 is 5.69 Å². The van der Waals surface area contributed by atoms with Crippen LogP contribution in [0.4, 0.5) is 5.69 Å². The first-order chi connectivity index (χ1) is 9.81. The van der Waals surface area contributed by atoms with E-state index in [4.69, 9.17) is 15.1 Å². The number of rotatable bonds is 6. The molecule has 0 atom stereocenters. The van der Waals surface area contributed by atoms with E-state index in [1.54, 1.807) is 18.3 Å². The van der Waals surface area contributed by atoms with Crippen LogP contribution >= 0.6 is 0 Å². The number of ether oxygens (including phenoxy) is 1. The molecule has 1 aromatic heterocycles. The van der Waals surface area contributed by atoms with Crippen LogP contribution in [-0.4, -0.2) is 23.3 Å². The number of nitrogens with one attached hydrogen (secondary N) is 1. The third kappa shape index (κ3) is 3.97. The van der Waals surface area contributed by atoms with Crippen molar-refractivity contribution in [2.24, 2.45) is 0 Å². The van der Waals surface area contributed by atoms with Gasteiger partial charge in [-0.25, -0.2) is 4.98 Å². The van der Waals surface area contributed by atoms with E-state index in [2.05, 4.69) is 16.4 Å². The zero-order chi connectivity index (χ0) is 14.2. The Balaban J connectivity index is 1.92. The van der Waals surface area contributed by atoms with E-state index in [1.807, 2.05) is 24.3 Å². The molecule has 0 radical (unpaired) electrons. The fourth-order valence-corrected chi connectivity index (χ4v) is 1.68. The zero-order valence-electron chi connectivity index (χ0n) is 10.9. The Morgan fingerprint density at radius 2 is 2.20 bits per heavy atom. The summed E-state index contributed by atoms with van der Waals surface area (Å²) in [4.78, 5) is 4.11. The fraction of sp³-hybridized carbons (Fsp3) is 0.200. The van der Waals surface area contributed by atoms with Crippen LogP contribution in [-0.2, 0) is 6.54 Å². The standard InChI is InChI=1S/C15H15N3O2/c16-9-12-2-1-3-13(8-12)10-17-14-4-5-15(18-11-14)20-7-6-19/h1-5,8,11,17,19H,6-7,10H2. The maximum absolute atomic E-state index is 8.84. The predicted molar refractivity (Wildman–Crippen MR) is 75.3 cm³/mol. The molecule has 0 aliphatic heterocycles. The molecule has 0 unspecified atom stereocenters. The van der Waals surface area contributed by atoms with Crippen LogP contribution in [0, 0.1) is 11.3 Å². The number of aliphatic hydroxyl groups excluding tert-OH is 1. The molecule has 20 heavy (non-hydrogen) atoms. The summed E-state index contributed by atoms with van der Waals surface area (Å²) in [6, 6.07) is 13.2. The number of aromatic nitrogens is 1.